The van der Waals surface area contributed by atoms with Crippen LogP contribution in [0.5, 0.6) is 0 Å². The first-order valence-electron chi connectivity index (χ1n) is 3.57. The molecule has 0 radical (unpaired) electrons. The van der Waals surface area contributed by atoms with Crippen molar-refractivity contribution in [2.24, 2.45) is 0 Å². The Balaban J connectivity index is 2.30. The maximum Gasteiger partial charge on any atom is 0.0321 e. The summed E-state index contributed by atoms with van der Waals surface area (Å²) < 4.78 is 0.461. The van der Waals surface area contributed by atoms with Crippen LogP contribution in [-0.4, -0.2) is 22.5 Å². The van der Waals surface area contributed by atoms with Crippen LogP contribution in [0, 0.1) is 0 Å². The van der Waals surface area contributed by atoms with E-state index in [0.717, 1.165) is 0 Å². The molecular weight excluding hydrogens is 160 g/mol. The van der Waals surface area contributed by atoms with Gasteiger partial charge in [0.2, 0.25) is 0 Å². The number of thioether (sulfide) groups is 2. The van der Waals surface area contributed by atoms with Gasteiger partial charge in [0.1, 0.15) is 0 Å². The fourth-order valence-corrected chi connectivity index (χ4v) is 2.81. The highest BCUT2D eigenvalue weighted by atomic mass is 32.2. The molecule has 0 aliphatic carbocycles. The van der Waals surface area contributed by atoms with Gasteiger partial charge in [0.25, 0.3) is 0 Å². The Morgan fingerprint density at radius 1 is 1.70 bits per heavy atom. The monoisotopic (exact) mass is 174 g/mol. The largest absolute Gasteiger partial charge is 0.165 e. The lowest BCUT2D eigenvalue weighted by Gasteiger charge is -2.19. The molecule has 0 fully saturated rings. The van der Waals surface area contributed by atoms with Gasteiger partial charge in [0.15, 0.2) is 0 Å². The zero-order valence-electron chi connectivity index (χ0n) is 6.59. The summed E-state index contributed by atoms with van der Waals surface area (Å²) in [6, 6.07) is 0. The molecule has 0 spiro atoms. The summed E-state index contributed by atoms with van der Waals surface area (Å²) in [7, 11) is 0. The Morgan fingerprint density at radius 2 is 2.50 bits per heavy atom. The van der Waals surface area contributed by atoms with Gasteiger partial charge in [-0.15, -0.1) is 11.8 Å². The molecule has 0 nitrogen and oxygen atoms in total. The molecule has 0 aromatic carbocycles. The van der Waals surface area contributed by atoms with Crippen molar-refractivity contribution in [3.63, 3.8) is 0 Å². The molecule has 1 aliphatic rings. The molecule has 0 saturated carbocycles. The van der Waals surface area contributed by atoms with Crippen LogP contribution in [0.3, 0.4) is 0 Å². The summed E-state index contributed by atoms with van der Waals surface area (Å²) in [4.78, 5) is 0. The molecule has 1 heterocycles. The van der Waals surface area contributed by atoms with Crippen molar-refractivity contribution >= 4 is 23.5 Å². The van der Waals surface area contributed by atoms with Crippen LogP contribution in [0.15, 0.2) is 12.2 Å². The lowest BCUT2D eigenvalue weighted by molar-refractivity contribution is 0.772. The number of hydrogen-bond acceptors (Lipinski definition) is 2. The first kappa shape index (κ1) is 8.54. The second-order valence-electron chi connectivity index (χ2n) is 2.77. The average molecular weight is 174 g/mol. The Labute approximate surface area is 71.8 Å². The summed E-state index contributed by atoms with van der Waals surface area (Å²) in [6.07, 6.45) is 8.13. The van der Waals surface area contributed by atoms with Crippen LogP contribution in [-0.2, 0) is 0 Å². The first-order valence-corrected chi connectivity index (χ1v) is 5.95. The summed E-state index contributed by atoms with van der Waals surface area (Å²) in [5, 5.41) is 0. The van der Waals surface area contributed by atoms with Crippen LogP contribution >= 0.6 is 23.5 Å². The van der Waals surface area contributed by atoms with E-state index in [2.05, 4.69) is 37.1 Å². The maximum atomic E-state index is 2.36. The quantitative estimate of drug-likeness (QED) is 0.603. The smallest absolute Gasteiger partial charge is 0.0321 e. The first-order chi connectivity index (χ1) is 4.77. The van der Waals surface area contributed by atoms with E-state index in [0.29, 0.717) is 4.75 Å². The molecule has 2 heteroatoms. The van der Waals surface area contributed by atoms with Gasteiger partial charge in [0.05, 0.1) is 0 Å². The summed E-state index contributed by atoms with van der Waals surface area (Å²) >= 11 is 4.00. The highest BCUT2D eigenvalue weighted by molar-refractivity contribution is 8.01. The molecule has 0 amide bonds. The van der Waals surface area contributed by atoms with E-state index in [-0.39, 0.29) is 0 Å². The van der Waals surface area contributed by atoms with E-state index in [1.807, 2.05) is 11.8 Å². The Kier molecular flexibility index (Phi) is 3.18. The zero-order valence-corrected chi connectivity index (χ0v) is 8.23. The van der Waals surface area contributed by atoms with E-state index < -0.39 is 0 Å². The van der Waals surface area contributed by atoms with Crippen LogP contribution in [0.4, 0.5) is 0 Å². The SMILES string of the molecule is CSCCC1(C)C=CCS1. The van der Waals surface area contributed by atoms with E-state index in [1.165, 1.54) is 17.9 Å². The molecule has 1 rings (SSSR count). The van der Waals surface area contributed by atoms with Gasteiger partial charge in [-0.3, -0.25) is 0 Å². The molecular formula is C8H14S2. The second kappa shape index (κ2) is 3.72. The van der Waals surface area contributed by atoms with Gasteiger partial charge in [0, 0.05) is 10.5 Å². The van der Waals surface area contributed by atoms with E-state index in [4.69, 9.17) is 0 Å². The van der Waals surface area contributed by atoms with Crippen molar-refractivity contribution in [2.75, 3.05) is 17.8 Å². The van der Waals surface area contributed by atoms with Gasteiger partial charge < -0.3 is 0 Å². The van der Waals surface area contributed by atoms with Crippen LogP contribution in [0.2, 0.25) is 0 Å². The number of hydrogen-bond donors (Lipinski definition) is 0. The van der Waals surface area contributed by atoms with Crippen LogP contribution in [0.1, 0.15) is 13.3 Å². The molecule has 0 N–H and O–H groups in total. The van der Waals surface area contributed by atoms with Gasteiger partial charge in [-0.1, -0.05) is 12.2 Å². The zero-order chi connectivity index (χ0) is 7.45. The van der Waals surface area contributed by atoms with Crippen molar-refractivity contribution in [3.8, 4) is 0 Å². The Hall–Kier alpha value is 0.440. The van der Waals surface area contributed by atoms with Gasteiger partial charge >= 0.3 is 0 Å². The third-order valence-corrected chi connectivity index (χ3v) is 3.75. The van der Waals surface area contributed by atoms with E-state index >= 15 is 0 Å². The van der Waals surface area contributed by atoms with E-state index in [9.17, 15) is 0 Å². The molecule has 1 unspecified atom stereocenters. The van der Waals surface area contributed by atoms with Crippen molar-refractivity contribution in [1.29, 1.82) is 0 Å². The van der Waals surface area contributed by atoms with Crippen molar-refractivity contribution < 1.29 is 0 Å². The minimum absolute atomic E-state index is 0.461. The summed E-state index contributed by atoms with van der Waals surface area (Å²) in [5.74, 6) is 2.50. The molecule has 0 saturated heterocycles. The molecule has 0 aromatic rings. The summed E-state index contributed by atoms with van der Waals surface area (Å²) in [5.41, 5.74) is 0. The minimum Gasteiger partial charge on any atom is -0.165 e. The number of rotatable bonds is 3. The molecule has 58 valence electrons. The standard InChI is InChI=1S/C8H14S2/c1-8(5-7-9-2)4-3-6-10-8/h3-4H,5-7H2,1-2H3. The fraction of sp³-hybridized carbons (Fsp3) is 0.750. The Morgan fingerprint density at radius 3 is 3.00 bits per heavy atom. The van der Waals surface area contributed by atoms with Crippen molar-refractivity contribution in [1.82, 2.24) is 0 Å². The molecule has 1 aliphatic heterocycles. The van der Waals surface area contributed by atoms with E-state index in [1.54, 1.807) is 0 Å². The van der Waals surface area contributed by atoms with Gasteiger partial charge in [-0.2, -0.15) is 11.8 Å². The molecule has 0 bridgehead atoms. The van der Waals surface area contributed by atoms with Gasteiger partial charge in [-0.25, -0.2) is 0 Å². The third kappa shape index (κ3) is 2.24. The van der Waals surface area contributed by atoms with Gasteiger partial charge in [-0.05, 0) is 25.4 Å². The van der Waals surface area contributed by atoms with Crippen molar-refractivity contribution in [2.45, 2.75) is 18.1 Å². The van der Waals surface area contributed by atoms with Crippen LogP contribution < -0.4 is 0 Å². The maximum absolute atomic E-state index is 2.36. The highest BCUT2D eigenvalue weighted by Crippen LogP contribution is 2.35. The predicted octanol–water partition coefficient (Wildman–Crippen LogP) is 2.80. The Bertz CT molecular complexity index is 131. The second-order valence-corrected chi connectivity index (χ2v) is 5.31. The summed E-state index contributed by atoms with van der Waals surface area (Å²) in [6.45, 7) is 2.33. The van der Waals surface area contributed by atoms with Crippen molar-refractivity contribution in [3.05, 3.63) is 12.2 Å². The molecule has 10 heavy (non-hydrogen) atoms. The molecule has 1 atom stereocenters. The minimum atomic E-state index is 0.461. The topological polar surface area (TPSA) is 0 Å². The lowest BCUT2D eigenvalue weighted by atomic mass is 10.1. The highest BCUT2D eigenvalue weighted by Gasteiger charge is 2.23. The lowest BCUT2D eigenvalue weighted by Crippen LogP contribution is -2.14. The fourth-order valence-electron chi connectivity index (χ4n) is 1.04. The normalized spacial score (nSPS) is 31.4. The third-order valence-electron chi connectivity index (χ3n) is 1.78. The van der Waals surface area contributed by atoms with Crippen LogP contribution in [0.25, 0.3) is 0 Å². The predicted molar refractivity (Wildman–Crippen MR) is 53.0 cm³/mol. The molecule has 0 aromatic heterocycles. The average Bonchev–Trinajstić information content (AvgIpc) is 2.33.